The molecule has 15 heavy (non-hydrogen) atoms. The van der Waals surface area contributed by atoms with Crippen LogP contribution in [0.25, 0.3) is 0 Å². The molecule has 0 aromatic rings. The number of ether oxygens (including phenoxy) is 1. The highest BCUT2D eigenvalue weighted by Crippen LogP contribution is 2.11. The number of rotatable bonds is 6. The predicted octanol–water partition coefficient (Wildman–Crippen LogP) is 1.49. The molecule has 1 aliphatic rings. The van der Waals surface area contributed by atoms with Crippen molar-refractivity contribution in [3.8, 4) is 0 Å². The largest absolute Gasteiger partial charge is 0.380 e. The molecule has 2 atom stereocenters. The minimum Gasteiger partial charge on any atom is -0.380 e. The second kappa shape index (κ2) is 7.20. The Morgan fingerprint density at radius 2 is 1.80 bits per heavy atom. The summed E-state index contributed by atoms with van der Waals surface area (Å²) in [5, 5.41) is 3.47. The molecule has 0 aromatic carbocycles. The van der Waals surface area contributed by atoms with E-state index in [2.05, 4.69) is 24.1 Å². The van der Waals surface area contributed by atoms with Gasteiger partial charge in [-0.2, -0.15) is 0 Å². The smallest absolute Gasteiger partial charge is 0.0667 e. The first-order valence-electron chi connectivity index (χ1n) is 6.21. The Kier molecular flexibility index (Phi) is 6.22. The standard InChI is InChI=1S/C12H26N2O/c1-11(9-13-10-12(2)15-3)14-7-5-4-6-8-14/h11-13H,4-10H2,1-3H3. The summed E-state index contributed by atoms with van der Waals surface area (Å²) in [6, 6.07) is 0.661. The zero-order valence-corrected chi connectivity index (χ0v) is 10.5. The molecule has 3 nitrogen and oxygen atoms in total. The van der Waals surface area contributed by atoms with Crippen LogP contribution < -0.4 is 5.32 Å². The lowest BCUT2D eigenvalue weighted by atomic mass is 10.1. The van der Waals surface area contributed by atoms with Crippen molar-refractivity contribution in [1.29, 1.82) is 0 Å². The van der Waals surface area contributed by atoms with Crippen molar-refractivity contribution in [1.82, 2.24) is 10.2 Å². The van der Waals surface area contributed by atoms with E-state index in [0.717, 1.165) is 13.1 Å². The number of likely N-dealkylation sites (tertiary alicyclic amines) is 1. The molecule has 0 aromatic heterocycles. The van der Waals surface area contributed by atoms with Gasteiger partial charge in [-0.05, 0) is 39.8 Å². The van der Waals surface area contributed by atoms with Crippen LogP contribution >= 0.6 is 0 Å². The Balaban J connectivity index is 2.09. The Labute approximate surface area is 94.2 Å². The lowest BCUT2D eigenvalue weighted by molar-refractivity contribution is 0.112. The highest BCUT2D eigenvalue weighted by molar-refractivity contribution is 4.73. The van der Waals surface area contributed by atoms with E-state index in [0.29, 0.717) is 12.1 Å². The molecule has 1 saturated heterocycles. The Morgan fingerprint density at radius 1 is 1.13 bits per heavy atom. The van der Waals surface area contributed by atoms with Crippen LogP contribution in [0.4, 0.5) is 0 Å². The zero-order chi connectivity index (χ0) is 11.1. The number of piperidine rings is 1. The maximum absolute atomic E-state index is 5.20. The molecule has 0 aliphatic carbocycles. The van der Waals surface area contributed by atoms with E-state index < -0.39 is 0 Å². The predicted molar refractivity (Wildman–Crippen MR) is 64.2 cm³/mol. The van der Waals surface area contributed by atoms with E-state index in [9.17, 15) is 0 Å². The van der Waals surface area contributed by atoms with E-state index in [1.807, 2.05) is 0 Å². The third-order valence-corrected chi connectivity index (χ3v) is 3.29. The van der Waals surface area contributed by atoms with Crippen molar-refractivity contribution in [3.05, 3.63) is 0 Å². The monoisotopic (exact) mass is 214 g/mol. The fourth-order valence-electron chi connectivity index (χ4n) is 2.07. The minimum absolute atomic E-state index is 0.318. The van der Waals surface area contributed by atoms with Crippen molar-refractivity contribution in [2.24, 2.45) is 0 Å². The normalized spacial score (nSPS) is 22.6. The van der Waals surface area contributed by atoms with Gasteiger partial charge in [0.25, 0.3) is 0 Å². The van der Waals surface area contributed by atoms with Crippen LogP contribution in [0, 0.1) is 0 Å². The van der Waals surface area contributed by atoms with Gasteiger partial charge in [-0.3, -0.25) is 4.90 Å². The average molecular weight is 214 g/mol. The zero-order valence-electron chi connectivity index (χ0n) is 10.5. The first kappa shape index (κ1) is 12.9. The molecule has 2 unspecified atom stereocenters. The van der Waals surface area contributed by atoms with Gasteiger partial charge in [-0.1, -0.05) is 6.42 Å². The first-order valence-corrected chi connectivity index (χ1v) is 6.21. The lowest BCUT2D eigenvalue weighted by Gasteiger charge is -2.32. The summed E-state index contributed by atoms with van der Waals surface area (Å²) in [7, 11) is 1.76. The lowest BCUT2D eigenvalue weighted by Crippen LogP contribution is -2.44. The number of nitrogens with zero attached hydrogens (tertiary/aromatic N) is 1. The molecule has 0 saturated carbocycles. The summed E-state index contributed by atoms with van der Waals surface area (Å²) in [5.41, 5.74) is 0. The average Bonchev–Trinajstić information content (AvgIpc) is 2.29. The maximum Gasteiger partial charge on any atom is 0.0667 e. The topological polar surface area (TPSA) is 24.5 Å². The Bertz CT molecular complexity index is 158. The van der Waals surface area contributed by atoms with Crippen LogP contribution in [0.2, 0.25) is 0 Å². The van der Waals surface area contributed by atoms with E-state index in [4.69, 9.17) is 4.74 Å². The van der Waals surface area contributed by atoms with Crippen molar-refractivity contribution >= 4 is 0 Å². The molecule has 1 rings (SSSR count). The van der Waals surface area contributed by atoms with Crippen LogP contribution in [0.3, 0.4) is 0 Å². The van der Waals surface area contributed by atoms with E-state index in [1.54, 1.807) is 7.11 Å². The molecule has 0 radical (unpaired) electrons. The number of nitrogens with one attached hydrogen (secondary N) is 1. The number of methoxy groups -OCH3 is 1. The molecular formula is C12H26N2O. The van der Waals surface area contributed by atoms with Crippen LogP contribution in [0.1, 0.15) is 33.1 Å². The van der Waals surface area contributed by atoms with Crippen LogP contribution in [-0.4, -0.2) is 50.3 Å². The van der Waals surface area contributed by atoms with Crippen LogP contribution in [-0.2, 0) is 4.74 Å². The number of hydrogen-bond donors (Lipinski definition) is 1. The molecule has 3 heteroatoms. The third-order valence-electron chi connectivity index (χ3n) is 3.29. The molecule has 0 amide bonds. The van der Waals surface area contributed by atoms with Gasteiger partial charge in [0.1, 0.15) is 0 Å². The summed E-state index contributed by atoms with van der Waals surface area (Å²) in [6.45, 7) is 9.00. The summed E-state index contributed by atoms with van der Waals surface area (Å²) < 4.78 is 5.20. The number of hydrogen-bond acceptors (Lipinski definition) is 3. The van der Waals surface area contributed by atoms with Gasteiger partial charge in [0.15, 0.2) is 0 Å². The molecule has 1 fully saturated rings. The quantitative estimate of drug-likeness (QED) is 0.725. The molecule has 0 spiro atoms. The summed E-state index contributed by atoms with van der Waals surface area (Å²) in [5.74, 6) is 0. The fourth-order valence-corrected chi connectivity index (χ4v) is 2.07. The molecule has 1 heterocycles. The maximum atomic E-state index is 5.20. The van der Waals surface area contributed by atoms with Crippen molar-refractivity contribution in [3.63, 3.8) is 0 Å². The molecular weight excluding hydrogens is 188 g/mol. The van der Waals surface area contributed by atoms with Gasteiger partial charge >= 0.3 is 0 Å². The Hall–Kier alpha value is -0.120. The van der Waals surface area contributed by atoms with E-state index in [-0.39, 0.29) is 0 Å². The molecule has 0 bridgehead atoms. The van der Waals surface area contributed by atoms with Crippen molar-refractivity contribution < 1.29 is 4.74 Å². The highest BCUT2D eigenvalue weighted by atomic mass is 16.5. The second-order valence-corrected chi connectivity index (χ2v) is 4.65. The minimum atomic E-state index is 0.318. The van der Waals surface area contributed by atoms with E-state index >= 15 is 0 Å². The van der Waals surface area contributed by atoms with Crippen molar-refractivity contribution in [2.45, 2.75) is 45.3 Å². The Morgan fingerprint density at radius 3 is 2.40 bits per heavy atom. The molecule has 90 valence electrons. The van der Waals surface area contributed by atoms with Gasteiger partial charge in [-0.15, -0.1) is 0 Å². The van der Waals surface area contributed by atoms with Gasteiger partial charge in [0.2, 0.25) is 0 Å². The third kappa shape index (κ3) is 4.96. The van der Waals surface area contributed by atoms with E-state index in [1.165, 1.54) is 32.4 Å². The van der Waals surface area contributed by atoms with Gasteiger partial charge < -0.3 is 10.1 Å². The summed E-state index contributed by atoms with van der Waals surface area (Å²) in [4.78, 5) is 2.59. The highest BCUT2D eigenvalue weighted by Gasteiger charge is 2.15. The van der Waals surface area contributed by atoms with Crippen LogP contribution in [0.5, 0.6) is 0 Å². The second-order valence-electron chi connectivity index (χ2n) is 4.65. The SMILES string of the molecule is COC(C)CNCC(C)N1CCCCC1. The molecule has 1 N–H and O–H groups in total. The first-order chi connectivity index (χ1) is 7.24. The van der Waals surface area contributed by atoms with Gasteiger partial charge in [-0.25, -0.2) is 0 Å². The van der Waals surface area contributed by atoms with Gasteiger partial charge in [0, 0.05) is 26.2 Å². The van der Waals surface area contributed by atoms with Crippen molar-refractivity contribution in [2.75, 3.05) is 33.3 Å². The van der Waals surface area contributed by atoms with Crippen LogP contribution in [0.15, 0.2) is 0 Å². The van der Waals surface area contributed by atoms with Gasteiger partial charge in [0.05, 0.1) is 6.10 Å². The fraction of sp³-hybridized carbons (Fsp3) is 1.00. The summed E-state index contributed by atoms with van der Waals surface area (Å²) in [6.07, 6.45) is 4.48. The summed E-state index contributed by atoms with van der Waals surface area (Å²) >= 11 is 0. The molecule has 1 aliphatic heterocycles.